The Morgan fingerprint density at radius 1 is 0.625 bits per heavy atom. The van der Waals surface area contributed by atoms with Crippen molar-refractivity contribution in [2.45, 2.75) is 0 Å². The van der Waals surface area contributed by atoms with Gasteiger partial charge in [-0.05, 0) is 0 Å². The van der Waals surface area contributed by atoms with Crippen LogP contribution in [0.2, 0.25) is 0 Å². The summed E-state index contributed by atoms with van der Waals surface area (Å²) in [4.78, 5) is 0. The maximum atomic E-state index is 0. The Bertz CT molecular complexity index is 16.0. The molecule has 0 unspecified atom stereocenters. The molecule has 0 saturated heterocycles. The molecular weight excluding hydrogens is 344 g/mol. The van der Waals surface area contributed by atoms with Gasteiger partial charge in [0.15, 0.2) is 0 Å². The second kappa shape index (κ2) is 115. The maximum Gasteiger partial charge on any atom is 0 e. The van der Waals surface area contributed by atoms with Crippen LogP contribution in [0.5, 0.6) is 0 Å². The molecule has 8 heavy (non-hydrogen) atoms. The Hall–Kier alpha value is 2.40. The van der Waals surface area contributed by atoms with E-state index in [0.29, 0.717) is 0 Å². The van der Waals surface area contributed by atoms with E-state index in [0.717, 1.165) is 0 Å². The summed E-state index contributed by atoms with van der Waals surface area (Å²) in [5, 5.41) is 0. The summed E-state index contributed by atoms with van der Waals surface area (Å²) in [5.74, 6) is 0. The molecule has 60 valence electrons. The molecule has 8 N–H and O–H groups in total. The van der Waals surface area contributed by atoms with Crippen LogP contribution in [0.4, 0.5) is 0 Å². The standard InChI is InChI=1S/Cr.Ni.4H2O.Sb.Ti.3H/h;;4*1H2;;;;;. The molecule has 0 spiro atoms. The minimum atomic E-state index is 0. The van der Waals surface area contributed by atoms with Gasteiger partial charge in [0.25, 0.3) is 0 Å². The Morgan fingerprint density at radius 3 is 0.625 bits per heavy atom. The molecule has 8 heteroatoms. The summed E-state index contributed by atoms with van der Waals surface area (Å²) in [6.45, 7) is 0. The molecule has 0 aromatic carbocycles. The first-order valence-corrected chi connectivity index (χ1v) is 0. The third-order valence-corrected chi connectivity index (χ3v) is 0. The van der Waals surface area contributed by atoms with E-state index in [1.165, 1.54) is 0 Å². The predicted octanol–water partition coefficient (Wildman–Crippen LogP) is -4.49. The van der Waals surface area contributed by atoms with Crippen molar-refractivity contribution >= 4 is 24.4 Å². The van der Waals surface area contributed by atoms with Crippen molar-refractivity contribution in [2.75, 3.05) is 0 Å². The van der Waals surface area contributed by atoms with Gasteiger partial charge in [-0.1, -0.05) is 0 Å². The predicted molar refractivity (Wildman–Crippen MR) is 24.4 cm³/mol. The van der Waals surface area contributed by atoms with Crippen LogP contribution in [-0.2, 0) is 55.6 Å². The van der Waals surface area contributed by atoms with Crippen LogP contribution >= 0.6 is 0 Å². The van der Waals surface area contributed by atoms with Gasteiger partial charge in [0, 0.05) is 55.6 Å². The molecule has 0 aliphatic rings. The Kier molecular flexibility index (Phi) is 2300. The van der Waals surface area contributed by atoms with Gasteiger partial charge >= 0.3 is 24.4 Å². The molecule has 0 aliphatic heterocycles. The van der Waals surface area contributed by atoms with Crippen molar-refractivity contribution in [1.82, 2.24) is 0 Å². The van der Waals surface area contributed by atoms with E-state index in [9.17, 15) is 0 Å². The fourth-order valence-electron chi connectivity index (χ4n) is 0. The average molecular weight is 355 g/mol. The molecule has 0 heterocycles. The van der Waals surface area contributed by atoms with Crippen LogP contribution in [0.3, 0.4) is 0 Å². The van der Waals surface area contributed by atoms with Crippen molar-refractivity contribution < 1.29 is 77.5 Å². The third-order valence-electron chi connectivity index (χ3n) is 0. The van der Waals surface area contributed by atoms with E-state index >= 15 is 0 Å². The van der Waals surface area contributed by atoms with Gasteiger partial charge in [-0.25, -0.2) is 0 Å². The second-order valence-electron chi connectivity index (χ2n) is 0. The van der Waals surface area contributed by atoms with E-state index in [1.54, 1.807) is 0 Å². The molecule has 0 bridgehead atoms. The fraction of sp³-hybridized carbons (Fsp3) is 0. The number of hydrogen-bond donors (Lipinski definition) is 0. The molecule has 4 nitrogen and oxygen atoms in total. The normalized spacial score (nSPS) is 0. The van der Waals surface area contributed by atoms with Crippen LogP contribution in [0.1, 0.15) is 0 Å². The van der Waals surface area contributed by atoms with Gasteiger partial charge in [0.1, 0.15) is 0 Å². The molecule has 0 radical (unpaired) electrons. The molecule has 0 atom stereocenters. The SMILES string of the molecule is O.O.O.O.[Cr].[Ni].[SbH3].[Ti]. The van der Waals surface area contributed by atoms with Gasteiger partial charge in [-0.15, -0.1) is 0 Å². The number of hydrogen-bond acceptors (Lipinski definition) is 0. The molecule has 0 aliphatic carbocycles. The topological polar surface area (TPSA) is 126 Å². The maximum absolute atomic E-state index is 0. The average Bonchev–Trinajstić information content (AvgIpc) is 0. The van der Waals surface area contributed by atoms with E-state index in [1.807, 2.05) is 0 Å². The second-order valence-corrected chi connectivity index (χ2v) is 0. The molecule has 0 aromatic rings. The molecule has 0 saturated carbocycles. The Morgan fingerprint density at radius 2 is 0.625 bits per heavy atom. The van der Waals surface area contributed by atoms with Crippen molar-refractivity contribution in [3.63, 3.8) is 0 Å². The van der Waals surface area contributed by atoms with Gasteiger partial charge < -0.3 is 21.9 Å². The summed E-state index contributed by atoms with van der Waals surface area (Å²) in [5.41, 5.74) is 0. The van der Waals surface area contributed by atoms with Crippen LogP contribution in [0.25, 0.3) is 0 Å². The first-order chi connectivity index (χ1) is 0. The summed E-state index contributed by atoms with van der Waals surface area (Å²) >= 11 is 0. The summed E-state index contributed by atoms with van der Waals surface area (Å²) in [7, 11) is 0. The van der Waals surface area contributed by atoms with Crippen LogP contribution in [0, 0.1) is 0 Å². The first kappa shape index (κ1) is 160. The Balaban J connectivity index is 0. The van der Waals surface area contributed by atoms with Crippen molar-refractivity contribution in [3.8, 4) is 0 Å². The summed E-state index contributed by atoms with van der Waals surface area (Å²) in [6.07, 6.45) is 0. The van der Waals surface area contributed by atoms with Crippen LogP contribution < -0.4 is 0 Å². The van der Waals surface area contributed by atoms with Crippen molar-refractivity contribution in [1.29, 1.82) is 0 Å². The minimum Gasteiger partial charge on any atom is 0 e. The first-order valence-electron chi connectivity index (χ1n) is 0. The zero-order valence-electron chi connectivity index (χ0n) is 3.93. The quantitative estimate of drug-likeness (QED) is 0.389. The van der Waals surface area contributed by atoms with E-state index < -0.39 is 0 Å². The van der Waals surface area contributed by atoms with Crippen LogP contribution in [0.15, 0.2) is 0 Å². The molecule has 0 rings (SSSR count). The minimum absolute atomic E-state index is 0. The summed E-state index contributed by atoms with van der Waals surface area (Å²) in [6, 6.07) is 0. The third kappa shape index (κ3) is 79.9. The molecule has 0 amide bonds. The summed E-state index contributed by atoms with van der Waals surface area (Å²) < 4.78 is 0. The van der Waals surface area contributed by atoms with E-state index in [2.05, 4.69) is 0 Å². The number of rotatable bonds is 0. The van der Waals surface area contributed by atoms with E-state index in [-0.39, 0.29) is 102 Å². The Labute approximate surface area is 101 Å². The van der Waals surface area contributed by atoms with Gasteiger partial charge in [-0.2, -0.15) is 0 Å². The fourth-order valence-corrected chi connectivity index (χ4v) is 0. The van der Waals surface area contributed by atoms with Crippen LogP contribution in [-0.4, -0.2) is 46.3 Å². The van der Waals surface area contributed by atoms with Crippen molar-refractivity contribution in [2.24, 2.45) is 0 Å². The zero-order valence-corrected chi connectivity index (χ0v) is 11.8. The van der Waals surface area contributed by atoms with Crippen molar-refractivity contribution in [3.05, 3.63) is 0 Å². The molecule has 0 aromatic heterocycles. The smallest absolute Gasteiger partial charge is 0 e. The monoisotopic (exact) mass is 354 g/mol. The molecular formula is H11CrNiO4SbTi. The van der Waals surface area contributed by atoms with E-state index in [4.69, 9.17) is 0 Å². The molecule has 0 fully saturated rings. The van der Waals surface area contributed by atoms with Gasteiger partial charge in [0.2, 0.25) is 0 Å². The van der Waals surface area contributed by atoms with Gasteiger partial charge in [0.05, 0.1) is 0 Å². The zero-order chi connectivity index (χ0) is 0. The largest absolute Gasteiger partial charge is 0 e. The van der Waals surface area contributed by atoms with Gasteiger partial charge in [-0.3, -0.25) is 0 Å².